The molecule has 1 aliphatic heterocycles. The SMILES string of the molecule is Cc1ncsc1-c1ccc([C@H](C)NC(=O)[C@@H]2C[C@@H](O)CN2C(=O)C(NC(=O)COCCCCCNC23CC(C(=O)NC4C(C)(C)C(Oc5ccc(C#N)c(Cl)c5)C4(C)C)(C2)C3)C(C)(C)C)cc1. The first-order chi connectivity index (χ1) is 31.5. The van der Waals surface area contributed by atoms with E-state index in [1.54, 1.807) is 29.5 Å². The van der Waals surface area contributed by atoms with Gasteiger partial charge in [-0.15, -0.1) is 11.3 Å². The number of aliphatic hydroxyl groups is 1. The summed E-state index contributed by atoms with van der Waals surface area (Å²) in [7, 11) is 0. The third-order valence-electron chi connectivity index (χ3n) is 14.7. The van der Waals surface area contributed by atoms with Gasteiger partial charge in [0.05, 0.1) is 44.2 Å². The number of rotatable bonds is 19. The maximum atomic E-state index is 14.1. The van der Waals surface area contributed by atoms with E-state index in [0.29, 0.717) is 22.9 Å². The molecule has 1 saturated heterocycles. The van der Waals surface area contributed by atoms with E-state index in [-0.39, 0.29) is 71.4 Å². The minimum Gasteiger partial charge on any atom is -0.489 e. The average molecular weight is 959 g/mol. The number of thiazole rings is 1. The van der Waals surface area contributed by atoms with Crippen molar-refractivity contribution in [2.75, 3.05) is 26.3 Å². The molecule has 1 unspecified atom stereocenters. The molecule has 0 spiro atoms. The van der Waals surface area contributed by atoms with Gasteiger partial charge in [0.2, 0.25) is 23.6 Å². The Bertz CT molecular complexity index is 2340. The number of benzene rings is 2. The fourth-order valence-electron chi connectivity index (χ4n) is 11.3. The molecular weight excluding hydrogens is 890 g/mol. The van der Waals surface area contributed by atoms with Crippen LogP contribution >= 0.6 is 22.9 Å². The molecule has 5 N–H and O–H groups in total. The molecule has 2 heterocycles. The van der Waals surface area contributed by atoms with Gasteiger partial charge >= 0.3 is 0 Å². The number of aryl methyl sites for hydroxylation is 1. The van der Waals surface area contributed by atoms with Crippen molar-refractivity contribution in [1.29, 1.82) is 5.26 Å². The van der Waals surface area contributed by atoms with Gasteiger partial charge in [-0.05, 0) is 87.6 Å². The van der Waals surface area contributed by atoms with E-state index in [4.69, 9.17) is 21.1 Å². The van der Waals surface area contributed by atoms with Gasteiger partial charge < -0.3 is 40.7 Å². The summed E-state index contributed by atoms with van der Waals surface area (Å²) in [6.45, 7) is 18.9. The molecule has 5 fully saturated rings. The van der Waals surface area contributed by atoms with Crippen LogP contribution in [0.15, 0.2) is 48.0 Å². The fourth-order valence-corrected chi connectivity index (χ4v) is 12.4. The highest BCUT2D eigenvalue weighted by atomic mass is 35.5. The lowest BCUT2D eigenvalue weighted by Crippen LogP contribution is -2.81. The van der Waals surface area contributed by atoms with E-state index in [2.05, 4.69) is 60.0 Å². The monoisotopic (exact) mass is 957 g/mol. The van der Waals surface area contributed by atoms with Crippen LogP contribution in [0.25, 0.3) is 10.4 Å². The number of unbranched alkanes of at least 4 members (excludes halogenated alkanes) is 2. The number of β-amino-alcohol motifs (C(OH)–C–C–N with tert-alkyl or cyclic N) is 1. The van der Waals surface area contributed by atoms with Crippen LogP contribution in [0.3, 0.4) is 0 Å². The molecule has 4 saturated carbocycles. The lowest BCUT2D eigenvalue weighted by molar-refractivity contribution is -0.199. The minimum absolute atomic E-state index is 0.00611. The highest BCUT2D eigenvalue weighted by Crippen LogP contribution is 2.68. The van der Waals surface area contributed by atoms with Crippen molar-refractivity contribution in [3.63, 3.8) is 0 Å². The summed E-state index contributed by atoms with van der Waals surface area (Å²) in [5.74, 6) is -0.477. The van der Waals surface area contributed by atoms with Crippen LogP contribution in [0.4, 0.5) is 0 Å². The van der Waals surface area contributed by atoms with Crippen LogP contribution < -0.4 is 26.0 Å². The van der Waals surface area contributed by atoms with Crippen molar-refractivity contribution in [2.24, 2.45) is 21.7 Å². The Morgan fingerprint density at radius 2 is 1.70 bits per heavy atom. The quantitative estimate of drug-likeness (QED) is 0.0781. The number of aliphatic hydroxyl groups excluding tert-OH is 1. The second-order valence-electron chi connectivity index (χ2n) is 21.8. The molecule has 8 rings (SSSR count). The summed E-state index contributed by atoms with van der Waals surface area (Å²) in [6, 6.07) is 12.9. The maximum Gasteiger partial charge on any atom is 0.246 e. The minimum atomic E-state index is -0.942. The first-order valence-corrected chi connectivity index (χ1v) is 24.8. The van der Waals surface area contributed by atoms with E-state index < -0.39 is 35.4 Å². The Morgan fingerprint density at radius 3 is 2.31 bits per heavy atom. The summed E-state index contributed by atoms with van der Waals surface area (Å²) < 4.78 is 12.1. The molecule has 5 aliphatic rings. The first-order valence-electron chi connectivity index (χ1n) is 23.6. The second kappa shape index (κ2) is 19.4. The number of likely N-dealkylation sites (tertiary alicyclic amines) is 1. The lowest BCUT2D eigenvalue weighted by Gasteiger charge is -2.71. The van der Waals surface area contributed by atoms with Crippen LogP contribution in [0.1, 0.15) is 123 Å². The molecule has 14 nitrogen and oxygen atoms in total. The Labute approximate surface area is 404 Å². The van der Waals surface area contributed by atoms with Gasteiger partial charge in [0, 0.05) is 48.0 Å². The number of hydrogen-bond acceptors (Lipinski definition) is 11. The number of nitrogens with zero attached hydrogens (tertiary/aromatic N) is 3. The zero-order valence-electron chi connectivity index (χ0n) is 40.4. The van der Waals surface area contributed by atoms with Gasteiger partial charge in [0.15, 0.2) is 0 Å². The Morgan fingerprint density at radius 1 is 1.01 bits per heavy atom. The Hall–Kier alpha value is -4.59. The molecule has 4 atom stereocenters. The number of carbonyl (C=O) groups is 4. The number of nitrogens with one attached hydrogen (secondary N) is 4. The van der Waals surface area contributed by atoms with Crippen molar-refractivity contribution in [1.82, 2.24) is 31.2 Å². The van der Waals surface area contributed by atoms with Gasteiger partial charge in [0.1, 0.15) is 36.6 Å². The molecule has 4 aliphatic carbocycles. The number of nitriles is 1. The first kappa shape index (κ1) is 50.3. The molecule has 1 aromatic heterocycles. The van der Waals surface area contributed by atoms with Gasteiger partial charge in [-0.3, -0.25) is 19.2 Å². The van der Waals surface area contributed by atoms with E-state index in [1.807, 2.05) is 64.4 Å². The third kappa shape index (κ3) is 10.4. The van der Waals surface area contributed by atoms with Gasteiger partial charge in [-0.25, -0.2) is 4.98 Å². The molecule has 16 heteroatoms. The maximum absolute atomic E-state index is 14.1. The number of halogens is 1. The lowest BCUT2D eigenvalue weighted by atomic mass is 9.38. The number of amides is 4. The number of hydrogen-bond donors (Lipinski definition) is 5. The summed E-state index contributed by atoms with van der Waals surface area (Å²) in [5, 5.41) is 33.2. The molecule has 2 bridgehead atoms. The average Bonchev–Trinajstić information content (AvgIpc) is 3.86. The number of ether oxygens (including phenoxy) is 2. The van der Waals surface area contributed by atoms with E-state index in [0.717, 1.165) is 66.8 Å². The summed E-state index contributed by atoms with van der Waals surface area (Å²) in [6.07, 6.45) is 4.16. The van der Waals surface area contributed by atoms with Gasteiger partial charge in [-0.1, -0.05) is 84.3 Å². The largest absolute Gasteiger partial charge is 0.489 e. The number of carbonyl (C=O) groups excluding carboxylic acids is 4. The molecular formula is C51H68ClN7O7S. The molecule has 4 amide bonds. The second-order valence-corrected chi connectivity index (χ2v) is 23.1. The number of aromatic nitrogens is 1. The van der Waals surface area contributed by atoms with Crippen molar-refractivity contribution < 1.29 is 33.8 Å². The van der Waals surface area contributed by atoms with Crippen molar-refractivity contribution in [2.45, 2.75) is 149 Å². The summed E-state index contributed by atoms with van der Waals surface area (Å²) >= 11 is 7.84. The highest BCUT2D eigenvalue weighted by Gasteiger charge is 2.73. The van der Waals surface area contributed by atoms with E-state index >= 15 is 0 Å². The van der Waals surface area contributed by atoms with Crippen molar-refractivity contribution in [3.05, 3.63) is 69.8 Å². The van der Waals surface area contributed by atoms with Crippen LogP contribution in [0, 0.1) is 39.9 Å². The van der Waals surface area contributed by atoms with Crippen LogP contribution in [0.2, 0.25) is 5.02 Å². The normalized spacial score (nSPS) is 26.4. The molecule has 67 heavy (non-hydrogen) atoms. The molecule has 3 aromatic rings. The smallest absolute Gasteiger partial charge is 0.246 e. The Balaban J connectivity index is 0.786. The van der Waals surface area contributed by atoms with Crippen molar-refractivity contribution >= 4 is 46.6 Å². The van der Waals surface area contributed by atoms with E-state index in [9.17, 15) is 29.5 Å². The highest BCUT2D eigenvalue weighted by molar-refractivity contribution is 7.13. The fraction of sp³-hybridized carbons (Fsp3) is 0.608. The van der Waals surface area contributed by atoms with Gasteiger partial charge in [0.25, 0.3) is 0 Å². The predicted molar refractivity (Wildman–Crippen MR) is 258 cm³/mol. The molecule has 2 aromatic carbocycles. The standard InChI is InChI=1S/C51H68ClN7O7S/c1-30(32-13-15-33(16-14-32)40-31(2)54-29-67-40)56-42(62)38-21-35(60)24-59(38)43(63)41(47(3,4)5)57-39(61)25-65-20-12-10-11-19-55-51-26-50(27-51,28-51)46(64)58-44-48(6,7)45(49(44,8)9)66-36-18-17-34(23-53)37(52)22-36/h13-18,22,29-30,35,38,41,44-45,55,60H,10-12,19-21,24-28H2,1-9H3,(H,56,62)(H,57,61)(H,58,64)/t30-,35+,38-,41?,44?,45?,50?,51?/m0/s1. The van der Waals surface area contributed by atoms with Crippen molar-refractivity contribution in [3.8, 4) is 22.3 Å². The predicted octanol–water partition coefficient (Wildman–Crippen LogP) is 7.01. The van der Waals surface area contributed by atoms with Crippen LogP contribution in [-0.2, 0) is 23.9 Å². The van der Waals surface area contributed by atoms with E-state index in [1.165, 1.54) is 4.90 Å². The molecule has 362 valence electrons. The zero-order chi connectivity index (χ0) is 48.7. The topological polar surface area (TPSA) is 195 Å². The third-order valence-corrected chi connectivity index (χ3v) is 16.0. The summed E-state index contributed by atoms with van der Waals surface area (Å²) in [4.78, 5) is 61.3. The zero-order valence-corrected chi connectivity index (χ0v) is 42.0. The Kier molecular flexibility index (Phi) is 14.6. The van der Waals surface area contributed by atoms with Crippen LogP contribution in [-0.4, -0.2) is 101 Å². The summed E-state index contributed by atoms with van der Waals surface area (Å²) in [5.41, 5.74) is 3.52. The molecule has 0 radical (unpaired) electrons. The van der Waals surface area contributed by atoms with Crippen LogP contribution in [0.5, 0.6) is 5.75 Å². The van der Waals surface area contributed by atoms with Gasteiger partial charge in [-0.2, -0.15) is 5.26 Å².